The molecule has 2 aromatic heterocycles. The Morgan fingerprint density at radius 1 is 1.11 bits per heavy atom. The van der Waals surface area contributed by atoms with E-state index in [0.29, 0.717) is 36.4 Å². The van der Waals surface area contributed by atoms with Crippen LogP contribution in [-0.4, -0.2) is 38.0 Å². The van der Waals surface area contributed by atoms with Gasteiger partial charge < -0.3 is 19.7 Å². The number of fused-ring (bicyclic) bond motifs is 2. The molecule has 1 aliphatic carbocycles. The molecule has 10 heteroatoms. The minimum Gasteiger partial charge on any atom is -0.406 e. The van der Waals surface area contributed by atoms with Gasteiger partial charge in [-0.1, -0.05) is 36.4 Å². The highest BCUT2D eigenvalue weighted by Crippen LogP contribution is 2.31. The highest BCUT2D eigenvalue weighted by Gasteiger charge is 2.32. The lowest BCUT2D eigenvalue weighted by Crippen LogP contribution is -2.34. The number of carbonyl (C=O) groups is 1. The Bertz CT molecular complexity index is 1390. The number of aromatic nitrogens is 3. The Balaban J connectivity index is 1.30. The molecule has 0 saturated carbocycles. The second kappa shape index (κ2) is 9.62. The first kappa shape index (κ1) is 23.8. The normalized spacial score (nSPS) is 17.2. The lowest BCUT2D eigenvalue weighted by molar-refractivity contribution is -0.274. The number of hydrogen-bond donors (Lipinski definition) is 2. The molecule has 5 rings (SSSR count). The predicted molar refractivity (Wildman–Crippen MR) is 125 cm³/mol. The Hall–Kier alpha value is -3.92. The van der Waals surface area contributed by atoms with Gasteiger partial charge in [0.05, 0.1) is 18.7 Å². The molecule has 0 saturated heterocycles. The summed E-state index contributed by atoms with van der Waals surface area (Å²) < 4.78 is 43.2. The number of aliphatic hydroxyl groups excluding tert-OH is 1. The SMILES string of the molecule is O=C(CCc1nc2cccnc2n1Cc1ccc(OC(F)(F)F)cc1)N[C@@H]1c2ccccc2C[C@H]1O. The standard InChI is InChI=1S/C26H23F3N4O3/c27-26(28,29)36-18-9-7-16(8-10-18)15-33-22(31-20-6-3-13-30-25(20)33)11-12-23(35)32-24-19-5-2-1-4-17(19)14-21(24)34/h1-10,13,21,24,34H,11-12,14-15H2,(H,32,35)/t21-,24-/m1/s1. The monoisotopic (exact) mass is 496 g/mol. The average Bonchev–Trinajstić information content (AvgIpc) is 3.35. The molecule has 4 aromatic rings. The van der Waals surface area contributed by atoms with E-state index in [9.17, 15) is 23.1 Å². The van der Waals surface area contributed by atoms with Crippen LogP contribution in [0.5, 0.6) is 5.75 Å². The van der Waals surface area contributed by atoms with Crippen molar-refractivity contribution in [2.24, 2.45) is 0 Å². The summed E-state index contributed by atoms with van der Waals surface area (Å²) in [7, 11) is 0. The molecule has 2 aromatic carbocycles. The Morgan fingerprint density at radius 3 is 2.67 bits per heavy atom. The van der Waals surface area contributed by atoms with Gasteiger partial charge >= 0.3 is 6.36 Å². The molecule has 0 spiro atoms. The number of imidazole rings is 1. The smallest absolute Gasteiger partial charge is 0.406 e. The molecular formula is C26H23F3N4O3. The number of aliphatic hydroxyl groups is 1. The maximum absolute atomic E-state index is 12.8. The van der Waals surface area contributed by atoms with Crippen molar-refractivity contribution in [2.45, 2.75) is 44.3 Å². The zero-order valence-corrected chi connectivity index (χ0v) is 19.1. The number of alkyl halides is 3. The van der Waals surface area contributed by atoms with Crippen LogP contribution >= 0.6 is 0 Å². The number of nitrogens with one attached hydrogen (secondary N) is 1. The first-order chi connectivity index (χ1) is 17.3. The van der Waals surface area contributed by atoms with Crippen molar-refractivity contribution >= 4 is 17.1 Å². The number of rotatable bonds is 7. The molecule has 0 unspecified atom stereocenters. The summed E-state index contributed by atoms with van der Waals surface area (Å²) in [6.07, 6.45) is -2.83. The predicted octanol–water partition coefficient (Wildman–Crippen LogP) is 4.09. The van der Waals surface area contributed by atoms with Gasteiger partial charge in [0.1, 0.15) is 17.1 Å². The lowest BCUT2D eigenvalue weighted by atomic mass is 10.1. The molecule has 0 radical (unpaired) electrons. The van der Waals surface area contributed by atoms with E-state index in [1.54, 1.807) is 24.4 Å². The van der Waals surface area contributed by atoms with Crippen LogP contribution in [0, 0.1) is 0 Å². The first-order valence-electron chi connectivity index (χ1n) is 11.5. The summed E-state index contributed by atoms with van der Waals surface area (Å²) >= 11 is 0. The van der Waals surface area contributed by atoms with E-state index in [1.807, 2.05) is 34.9 Å². The molecule has 36 heavy (non-hydrogen) atoms. The van der Waals surface area contributed by atoms with Crippen LogP contribution in [0.15, 0.2) is 66.9 Å². The molecule has 2 heterocycles. The van der Waals surface area contributed by atoms with Crippen LogP contribution in [0.3, 0.4) is 0 Å². The topological polar surface area (TPSA) is 89.3 Å². The summed E-state index contributed by atoms with van der Waals surface area (Å²) in [5.41, 5.74) is 3.95. The van der Waals surface area contributed by atoms with Crippen LogP contribution in [-0.2, 0) is 24.2 Å². The van der Waals surface area contributed by atoms with Crippen LogP contribution in [0.4, 0.5) is 13.2 Å². The van der Waals surface area contributed by atoms with Crippen molar-refractivity contribution in [3.63, 3.8) is 0 Å². The zero-order valence-electron chi connectivity index (χ0n) is 19.1. The molecule has 1 amide bonds. The highest BCUT2D eigenvalue weighted by molar-refractivity contribution is 5.77. The van der Waals surface area contributed by atoms with E-state index in [1.165, 1.54) is 12.1 Å². The third-order valence-corrected chi connectivity index (χ3v) is 6.18. The third kappa shape index (κ3) is 5.18. The fraction of sp³-hybridized carbons (Fsp3) is 0.269. The minimum absolute atomic E-state index is 0.146. The van der Waals surface area contributed by atoms with Gasteiger partial charge in [0, 0.05) is 25.5 Å². The summed E-state index contributed by atoms with van der Waals surface area (Å²) in [4.78, 5) is 21.8. The van der Waals surface area contributed by atoms with Crippen LogP contribution in [0.1, 0.15) is 35.0 Å². The number of nitrogens with zero attached hydrogens (tertiary/aromatic N) is 3. The number of carbonyl (C=O) groups excluding carboxylic acids is 1. The second-order valence-corrected chi connectivity index (χ2v) is 8.67. The Labute approximate surface area is 204 Å². The van der Waals surface area contributed by atoms with Gasteiger partial charge in [-0.25, -0.2) is 9.97 Å². The van der Waals surface area contributed by atoms with Crippen molar-refractivity contribution in [1.82, 2.24) is 19.9 Å². The lowest BCUT2D eigenvalue weighted by Gasteiger charge is -2.18. The van der Waals surface area contributed by atoms with E-state index < -0.39 is 18.5 Å². The molecule has 2 atom stereocenters. The number of benzene rings is 2. The van der Waals surface area contributed by atoms with Gasteiger partial charge in [-0.15, -0.1) is 13.2 Å². The summed E-state index contributed by atoms with van der Waals surface area (Å²) in [5, 5.41) is 13.4. The van der Waals surface area contributed by atoms with Crippen LogP contribution in [0.25, 0.3) is 11.2 Å². The van der Waals surface area contributed by atoms with E-state index in [4.69, 9.17) is 0 Å². The molecule has 1 aliphatic rings. The molecule has 7 nitrogen and oxygen atoms in total. The Morgan fingerprint density at radius 2 is 1.89 bits per heavy atom. The number of hydrogen-bond acceptors (Lipinski definition) is 5. The van der Waals surface area contributed by atoms with Crippen LogP contribution in [0.2, 0.25) is 0 Å². The summed E-state index contributed by atoms with van der Waals surface area (Å²) in [6.45, 7) is 0.311. The molecule has 0 bridgehead atoms. The molecular weight excluding hydrogens is 473 g/mol. The molecule has 0 aliphatic heterocycles. The third-order valence-electron chi connectivity index (χ3n) is 6.18. The van der Waals surface area contributed by atoms with Gasteiger partial charge in [0.25, 0.3) is 0 Å². The molecule has 2 N–H and O–H groups in total. The van der Waals surface area contributed by atoms with E-state index in [-0.39, 0.29) is 18.1 Å². The largest absolute Gasteiger partial charge is 0.573 e. The fourth-order valence-corrected chi connectivity index (χ4v) is 4.56. The zero-order chi connectivity index (χ0) is 25.3. The minimum atomic E-state index is -4.75. The van der Waals surface area contributed by atoms with Gasteiger partial charge in [-0.2, -0.15) is 0 Å². The highest BCUT2D eigenvalue weighted by atomic mass is 19.4. The van der Waals surface area contributed by atoms with E-state index >= 15 is 0 Å². The molecule has 186 valence electrons. The van der Waals surface area contributed by atoms with Crippen molar-refractivity contribution in [2.75, 3.05) is 0 Å². The van der Waals surface area contributed by atoms with Gasteiger partial charge in [-0.3, -0.25) is 4.79 Å². The van der Waals surface area contributed by atoms with E-state index in [2.05, 4.69) is 20.0 Å². The second-order valence-electron chi connectivity index (χ2n) is 8.67. The van der Waals surface area contributed by atoms with Crippen molar-refractivity contribution in [3.8, 4) is 5.75 Å². The summed E-state index contributed by atoms with van der Waals surface area (Å²) in [5.74, 6) is 0.116. The van der Waals surface area contributed by atoms with Gasteiger partial charge in [-0.05, 0) is 41.0 Å². The number of halogens is 3. The van der Waals surface area contributed by atoms with Crippen molar-refractivity contribution < 1.29 is 27.8 Å². The fourth-order valence-electron chi connectivity index (χ4n) is 4.56. The van der Waals surface area contributed by atoms with Crippen molar-refractivity contribution in [1.29, 1.82) is 0 Å². The van der Waals surface area contributed by atoms with Crippen molar-refractivity contribution in [3.05, 3.63) is 89.4 Å². The quantitative estimate of drug-likeness (QED) is 0.403. The van der Waals surface area contributed by atoms with Crippen LogP contribution < -0.4 is 10.1 Å². The summed E-state index contributed by atoms with van der Waals surface area (Å²) in [6, 6.07) is 16.4. The van der Waals surface area contributed by atoms with Gasteiger partial charge in [0.2, 0.25) is 5.91 Å². The number of aryl methyl sites for hydroxylation is 1. The first-order valence-corrected chi connectivity index (χ1v) is 11.5. The van der Waals surface area contributed by atoms with Gasteiger partial charge in [0.15, 0.2) is 5.65 Å². The number of ether oxygens (including phenoxy) is 1. The number of amides is 1. The maximum atomic E-state index is 12.8. The number of pyridine rings is 1. The van der Waals surface area contributed by atoms with E-state index in [0.717, 1.165) is 16.7 Å². The maximum Gasteiger partial charge on any atom is 0.573 e. The average molecular weight is 496 g/mol. The Kier molecular flexibility index (Phi) is 6.36. The molecule has 0 fully saturated rings.